The largest absolute Gasteiger partial charge is 0.357 e. The van der Waals surface area contributed by atoms with Crippen molar-refractivity contribution in [1.29, 1.82) is 0 Å². The fraction of sp³-hybridized carbons (Fsp3) is 0.167. The van der Waals surface area contributed by atoms with Crippen molar-refractivity contribution in [3.8, 4) is 0 Å². The van der Waals surface area contributed by atoms with E-state index in [1.165, 1.54) is 18.2 Å². The minimum atomic E-state index is -3.94. The maximum absolute atomic E-state index is 13.5. The topological polar surface area (TPSA) is 159 Å². The molecule has 2 heterocycles. The van der Waals surface area contributed by atoms with Gasteiger partial charge in [0.25, 0.3) is 10.2 Å². The summed E-state index contributed by atoms with van der Waals surface area (Å²) < 4.78 is 43.5. The van der Waals surface area contributed by atoms with Crippen LogP contribution in [0.3, 0.4) is 0 Å². The second kappa shape index (κ2) is 8.91. The van der Waals surface area contributed by atoms with Crippen LogP contribution in [0.2, 0.25) is 0 Å². The molecule has 0 saturated heterocycles. The molecule has 0 fully saturated rings. The molecule has 1 aliphatic heterocycles. The molecule has 1 unspecified atom stereocenters. The molecule has 5 N–H and O–H groups in total. The van der Waals surface area contributed by atoms with Gasteiger partial charge in [-0.05, 0) is 55.6 Å². The molecule has 32 heavy (non-hydrogen) atoms. The maximum Gasteiger partial charge on any atom is 0.277 e. The van der Waals surface area contributed by atoms with Gasteiger partial charge in [0.15, 0.2) is 11.5 Å². The van der Waals surface area contributed by atoms with Crippen molar-refractivity contribution < 1.29 is 22.6 Å². The summed E-state index contributed by atoms with van der Waals surface area (Å²) in [6.07, 6.45) is 0. The van der Waals surface area contributed by atoms with Crippen LogP contribution >= 0.6 is 15.9 Å². The summed E-state index contributed by atoms with van der Waals surface area (Å²) in [5, 5.41) is 25.6. The van der Waals surface area contributed by atoms with Crippen LogP contribution in [0.15, 0.2) is 56.6 Å². The van der Waals surface area contributed by atoms with E-state index in [-0.39, 0.29) is 34.9 Å². The third-order valence-corrected chi connectivity index (χ3v) is 6.40. The quantitative estimate of drug-likeness (QED) is 0.224. The van der Waals surface area contributed by atoms with Gasteiger partial charge in [0.2, 0.25) is 5.82 Å². The zero-order chi connectivity index (χ0) is 22.9. The van der Waals surface area contributed by atoms with Crippen LogP contribution < -0.4 is 15.9 Å². The molecule has 3 aromatic rings. The number of hydrogen-bond donors (Lipinski definition) is 4. The van der Waals surface area contributed by atoms with Crippen molar-refractivity contribution in [3.63, 3.8) is 0 Å². The van der Waals surface area contributed by atoms with Gasteiger partial charge in [-0.15, -0.1) is 0 Å². The predicted molar refractivity (Wildman–Crippen MR) is 116 cm³/mol. The Bertz CT molecular complexity index is 1280. The van der Waals surface area contributed by atoms with Crippen LogP contribution in [0.5, 0.6) is 0 Å². The van der Waals surface area contributed by atoms with Crippen LogP contribution in [0, 0.1) is 5.82 Å². The first-order valence-corrected chi connectivity index (χ1v) is 11.4. The number of nitrogens with one attached hydrogen (secondary N) is 2. The van der Waals surface area contributed by atoms with E-state index in [2.05, 4.69) is 36.6 Å². The highest BCUT2D eigenvalue weighted by Gasteiger charge is 2.32. The van der Waals surface area contributed by atoms with Crippen LogP contribution in [-0.4, -0.2) is 40.6 Å². The van der Waals surface area contributed by atoms with Crippen molar-refractivity contribution in [2.45, 2.75) is 12.6 Å². The molecule has 4 rings (SSSR count). The van der Waals surface area contributed by atoms with Gasteiger partial charge in [-0.1, -0.05) is 24.3 Å². The lowest BCUT2D eigenvalue weighted by Gasteiger charge is -2.33. The highest BCUT2D eigenvalue weighted by molar-refractivity contribution is 9.10. The number of hydroxylamine groups is 1. The van der Waals surface area contributed by atoms with Crippen molar-refractivity contribution >= 4 is 43.5 Å². The number of rotatable bonds is 5. The lowest BCUT2D eigenvalue weighted by Crippen LogP contribution is -2.43. The minimum Gasteiger partial charge on any atom is -0.357 e. The van der Waals surface area contributed by atoms with Crippen LogP contribution in [-0.2, 0) is 16.8 Å². The fourth-order valence-corrected chi connectivity index (χ4v) is 4.35. The highest BCUT2D eigenvalue weighted by Crippen LogP contribution is 2.31. The molecule has 1 aromatic heterocycles. The minimum absolute atomic E-state index is 0.0261. The number of halogens is 2. The highest BCUT2D eigenvalue weighted by atomic mass is 79.9. The third-order valence-electron chi connectivity index (χ3n) is 4.80. The molecular weight excluding hydrogens is 509 g/mol. The molecule has 14 heteroatoms. The summed E-state index contributed by atoms with van der Waals surface area (Å²) in [5.74, 6) is -0.495. The molecule has 0 radical (unpaired) electrons. The molecule has 11 nitrogen and oxygen atoms in total. The SMILES string of the molecule is NS(=O)(=O)N1Cc2ccccc2C(Nc2nonc2C(=Nc2ccc(F)c(Br)c2)NO)C1. The Morgan fingerprint density at radius 3 is 2.81 bits per heavy atom. The number of fused-ring (bicyclic) bond motifs is 1. The summed E-state index contributed by atoms with van der Waals surface area (Å²) >= 11 is 3.07. The zero-order valence-electron chi connectivity index (χ0n) is 16.2. The second-order valence-corrected chi connectivity index (χ2v) is 9.27. The van der Waals surface area contributed by atoms with Crippen molar-refractivity contribution in [3.05, 3.63) is 69.6 Å². The van der Waals surface area contributed by atoms with Gasteiger partial charge in [0.1, 0.15) is 5.82 Å². The second-order valence-electron chi connectivity index (χ2n) is 6.87. The van der Waals surface area contributed by atoms with Gasteiger partial charge >= 0.3 is 0 Å². The van der Waals surface area contributed by atoms with E-state index in [9.17, 15) is 18.0 Å². The molecule has 0 saturated carbocycles. The number of aromatic nitrogens is 2. The summed E-state index contributed by atoms with van der Waals surface area (Å²) in [7, 11) is -3.94. The number of aliphatic imine (C=N–C) groups is 1. The van der Waals surface area contributed by atoms with Gasteiger partial charge in [-0.3, -0.25) is 10.7 Å². The van der Waals surface area contributed by atoms with Gasteiger partial charge in [-0.25, -0.2) is 19.2 Å². The van der Waals surface area contributed by atoms with E-state index < -0.39 is 22.1 Å². The smallest absolute Gasteiger partial charge is 0.277 e. The van der Waals surface area contributed by atoms with Crippen LogP contribution in [0.4, 0.5) is 15.9 Å². The monoisotopic (exact) mass is 525 g/mol. The molecule has 0 aliphatic carbocycles. The first-order valence-electron chi connectivity index (χ1n) is 9.15. The van der Waals surface area contributed by atoms with E-state index >= 15 is 0 Å². The normalized spacial score (nSPS) is 17.1. The Morgan fingerprint density at radius 1 is 1.31 bits per heavy atom. The first kappa shape index (κ1) is 22.3. The predicted octanol–water partition coefficient (Wildman–Crippen LogP) is 2.20. The fourth-order valence-electron chi connectivity index (χ4n) is 3.31. The standard InChI is InChI=1S/C18H17BrFN7O4S/c19-13-7-11(5-6-14(13)20)22-17(24-28)16-18(26-31-25-16)23-15-9-27(32(21,29)30)8-10-3-1-2-4-12(10)15/h1-7,15,28H,8-9H2,(H,22,24)(H,23,26)(H2,21,29,30). The molecule has 1 atom stereocenters. The summed E-state index contributed by atoms with van der Waals surface area (Å²) in [6, 6.07) is 10.8. The van der Waals surface area contributed by atoms with Gasteiger partial charge in [0, 0.05) is 13.1 Å². The molecule has 2 aromatic carbocycles. The number of nitrogens with zero attached hydrogens (tertiary/aromatic N) is 4. The molecular formula is C18H17BrFN7O4S. The summed E-state index contributed by atoms with van der Waals surface area (Å²) in [4.78, 5) is 4.20. The molecule has 168 valence electrons. The molecule has 0 spiro atoms. The van der Waals surface area contributed by atoms with Crippen LogP contribution in [0.25, 0.3) is 0 Å². The Hall–Kier alpha value is -2.91. The number of amidine groups is 1. The van der Waals surface area contributed by atoms with Crippen molar-refractivity contribution in [2.75, 3.05) is 11.9 Å². The van der Waals surface area contributed by atoms with Gasteiger partial charge in [0.05, 0.1) is 16.2 Å². The number of hydrogen-bond acceptors (Lipinski definition) is 8. The Balaban J connectivity index is 1.67. The van der Waals surface area contributed by atoms with E-state index in [0.717, 1.165) is 15.4 Å². The Labute approximate surface area is 190 Å². The average molecular weight is 526 g/mol. The average Bonchev–Trinajstić information content (AvgIpc) is 3.21. The van der Waals surface area contributed by atoms with E-state index in [4.69, 9.17) is 9.77 Å². The number of nitrogens with two attached hydrogens (primary N) is 1. The van der Waals surface area contributed by atoms with Crippen molar-refractivity contribution in [2.24, 2.45) is 10.1 Å². The lowest BCUT2D eigenvalue weighted by molar-refractivity contribution is 0.234. The third kappa shape index (κ3) is 4.63. The van der Waals surface area contributed by atoms with E-state index in [0.29, 0.717) is 5.69 Å². The van der Waals surface area contributed by atoms with Crippen LogP contribution in [0.1, 0.15) is 22.9 Å². The zero-order valence-corrected chi connectivity index (χ0v) is 18.6. The number of benzene rings is 2. The molecule has 0 bridgehead atoms. The summed E-state index contributed by atoms with van der Waals surface area (Å²) in [5.41, 5.74) is 3.89. The first-order chi connectivity index (χ1) is 15.3. The van der Waals surface area contributed by atoms with Gasteiger partial charge < -0.3 is 5.32 Å². The number of anilines is 1. The van der Waals surface area contributed by atoms with Crippen molar-refractivity contribution in [1.82, 2.24) is 20.1 Å². The molecule has 0 amide bonds. The lowest BCUT2D eigenvalue weighted by atomic mass is 9.96. The maximum atomic E-state index is 13.5. The Morgan fingerprint density at radius 2 is 2.09 bits per heavy atom. The van der Waals surface area contributed by atoms with E-state index in [1.54, 1.807) is 12.1 Å². The Kier molecular flexibility index (Phi) is 6.21. The molecule has 1 aliphatic rings. The summed E-state index contributed by atoms with van der Waals surface area (Å²) in [6.45, 7) is 0.174. The van der Waals surface area contributed by atoms with E-state index in [1.807, 2.05) is 17.6 Å². The van der Waals surface area contributed by atoms with Gasteiger partial charge in [-0.2, -0.15) is 12.7 Å².